The van der Waals surface area contributed by atoms with Crippen LogP contribution >= 0.6 is 0 Å². The van der Waals surface area contributed by atoms with Gasteiger partial charge in [-0.1, -0.05) is 13.8 Å². The average molecular weight is 469 g/mol. The van der Waals surface area contributed by atoms with Gasteiger partial charge in [-0.05, 0) is 77.2 Å². The summed E-state index contributed by atoms with van der Waals surface area (Å²) in [5.41, 5.74) is 0.0186. The highest BCUT2D eigenvalue weighted by atomic mass is 28.4. The van der Waals surface area contributed by atoms with Crippen molar-refractivity contribution < 1.29 is 21.8 Å². The predicted octanol–water partition coefficient (Wildman–Crippen LogP) is 6.09. The molecule has 0 aliphatic carbocycles. The summed E-state index contributed by atoms with van der Waals surface area (Å²) in [4.78, 5) is 0. The Morgan fingerprint density at radius 2 is 0.964 bits per heavy atom. The zero-order chi connectivity index (χ0) is 22.3. The number of rotatable bonds is 15. The second-order valence-electron chi connectivity index (χ2n) is 9.94. The highest BCUT2D eigenvalue weighted by Crippen LogP contribution is 2.32. The average Bonchev–Trinajstić information content (AvgIpc) is 2.61. The van der Waals surface area contributed by atoms with Crippen molar-refractivity contribution in [1.82, 2.24) is 0 Å². The number of hydrogen-bond acceptors (Lipinski definition) is 5. The molecule has 9 heteroatoms. The van der Waals surface area contributed by atoms with Gasteiger partial charge in [-0.15, -0.1) is 0 Å². The van der Waals surface area contributed by atoms with Crippen LogP contribution in [-0.2, 0) is 21.8 Å². The monoisotopic (exact) mass is 468 g/mol. The fraction of sp³-hybridized carbons (Fsp3) is 1.00. The lowest BCUT2D eigenvalue weighted by Crippen LogP contribution is -2.49. The summed E-state index contributed by atoms with van der Waals surface area (Å²) in [6.45, 7) is 20.8. The smallest absolute Gasteiger partial charge is 0.456 e. The summed E-state index contributed by atoms with van der Waals surface area (Å²) >= 11 is 0. The Bertz CT molecular complexity index is 441. The highest BCUT2D eigenvalue weighted by molar-refractivity contribution is 6.86. The van der Waals surface area contributed by atoms with E-state index in [-0.39, 0.29) is 5.60 Å². The maximum atomic E-state index is 6.83. The van der Waals surface area contributed by atoms with Gasteiger partial charge in [0.15, 0.2) is 25.0 Å². The van der Waals surface area contributed by atoms with Crippen LogP contribution in [0.2, 0.25) is 63.5 Å². The molecule has 0 aromatic heterocycles. The van der Waals surface area contributed by atoms with Gasteiger partial charge >= 0.3 is 8.80 Å². The maximum Gasteiger partial charge on any atom is 0.499 e. The Labute approximate surface area is 179 Å². The van der Waals surface area contributed by atoms with Crippen LogP contribution in [-0.4, -0.2) is 60.7 Å². The molecule has 0 amide bonds. The van der Waals surface area contributed by atoms with Gasteiger partial charge in [0.1, 0.15) is 0 Å². The van der Waals surface area contributed by atoms with Crippen LogP contribution in [0.1, 0.15) is 33.6 Å². The van der Waals surface area contributed by atoms with Crippen molar-refractivity contribution in [2.75, 3.05) is 21.3 Å². The standard InChI is InChI=1S/C19H48O5Si4/c1-13-19(3,14-2)23-25(7,8)15-16-26(9,10)24-27(11,12)17-18-28(20-4,21-5)22-6/h13-18H2,1-12H3. The molecule has 0 heterocycles. The summed E-state index contributed by atoms with van der Waals surface area (Å²) in [6.07, 6.45) is 2.14. The number of hydrogen-bond donors (Lipinski definition) is 0. The first-order valence-corrected chi connectivity index (χ1v) is 22.0. The molecule has 0 fully saturated rings. The van der Waals surface area contributed by atoms with Crippen molar-refractivity contribution in [1.29, 1.82) is 0 Å². The van der Waals surface area contributed by atoms with Gasteiger partial charge in [0.05, 0.1) is 5.60 Å². The maximum absolute atomic E-state index is 6.83. The van der Waals surface area contributed by atoms with Crippen LogP contribution in [0, 0.1) is 0 Å². The molecule has 5 nitrogen and oxygen atoms in total. The Hall–Kier alpha value is 0.668. The molecule has 170 valence electrons. The highest BCUT2D eigenvalue weighted by Gasteiger charge is 2.42. The molecule has 0 bridgehead atoms. The molecule has 0 aliphatic heterocycles. The first-order valence-electron chi connectivity index (χ1n) is 10.7. The molecule has 0 radical (unpaired) electrons. The molecule has 0 unspecified atom stereocenters. The van der Waals surface area contributed by atoms with E-state index < -0.39 is 33.8 Å². The molecular formula is C19H48O5Si4. The van der Waals surface area contributed by atoms with E-state index in [9.17, 15) is 0 Å². The SMILES string of the molecule is CCC(C)(CC)O[Si](C)(C)CC[Si](C)(C)O[Si](C)(C)CC[Si](OC)(OC)OC. The van der Waals surface area contributed by atoms with E-state index in [4.69, 9.17) is 21.8 Å². The van der Waals surface area contributed by atoms with Crippen LogP contribution in [0.25, 0.3) is 0 Å². The van der Waals surface area contributed by atoms with Crippen LogP contribution in [0.3, 0.4) is 0 Å². The second-order valence-corrected chi connectivity index (χ2v) is 26.1. The summed E-state index contributed by atoms with van der Waals surface area (Å²) in [5.74, 6) is 0. The minimum Gasteiger partial charge on any atom is -0.456 e. The topological polar surface area (TPSA) is 46.2 Å². The fourth-order valence-corrected chi connectivity index (χ4v) is 21.7. The van der Waals surface area contributed by atoms with E-state index >= 15 is 0 Å². The third-order valence-corrected chi connectivity index (χ3v) is 19.4. The zero-order valence-electron chi connectivity index (χ0n) is 20.8. The van der Waals surface area contributed by atoms with Crippen LogP contribution in [0.5, 0.6) is 0 Å². The van der Waals surface area contributed by atoms with Gasteiger partial charge in [0, 0.05) is 27.4 Å². The minimum absolute atomic E-state index is 0.0186. The van der Waals surface area contributed by atoms with Gasteiger partial charge in [0.2, 0.25) is 0 Å². The molecule has 0 rings (SSSR count). The zero-order valence-corrected chi connectivity index (χ0v) is 24.8. The fourth-order valence-electron chi connectivity index (χ4n) is 3.57. The van der Waals surface area contributed by atoms with E-state index in [1.165, 1.54) is 6.04 Å². The summed E-state index contributed by atoms with van der Waals surface area (Å²) in [6, 6.07) is 4.13. The minimum atomic E-state index is -2.53. The molecular weight excluding hydrogens is 421 g/mol. The molecule has 0 N–H and O–H groups in total. The molecule has 0 aliphatic rings. The van der Waals surface area contributed by atoms with Crippen molar-refractivity contribution in [2.45, 2.75) is 103 Å². The van der Waals surface area contributed by atoms with Gasteiger partial charge in [-0.2, -0.15) is 0 Å². The Morgan fingerprint density at radius 1 is 0.607 bits per heavy atom. The summed E-state index contributed by atoms with van der Waals surface area (Å²) < 4.78 is 30.2. The van der Waals surface area contributed by atoms with Gasteiger partial charge in [-0.25, -0.2) is 0 Å². The van der Waals surface area contributed by atoms with Gasteiger partial charge < -0.3 is 21.8 Å². The summed E-state index contributed by atoms with van der Waals surface area (Å²) in [5, 5.41) is 0. The van der Waals surface area contributed by atoms with Crippen molar-refractivity contribution >= 4 is 33.8 Å². The first-order chi connectivity index (χ1) is 12.6. The van der Waals surface area contributed by atoms with Gasteiger partial charge in [-0.3, -0.25) is 0 Å². The largest absolute Gasteiger partial charge is 0.499 e. The molecule has 0 saturated carbocycles. The van der Waals surface area contributed by atoms with Crippen LogP contribution in [0.4, 0.5) is 0 Å². The molecule has 0 saturated heterocycles. The van der Waals surface area contributed by atoms with Crippen molar-refractivity contribution in [3.63, 3.8) is 0 Å². The second kappa shape index (κ2) is 11.3. The van der Waals surface area contributed by atoms with E-state index in [1.54, 1.807) is 21.3 Å². The van der Waals surface area contributed by atoms with E-state index in [1.807, 2.05) is 0 Å². The lowest BCUT2D eigenvalue weighted by Gasteiger charge is -2.39. The summed E-state index contributed by atoms with van der Waals surface area (Å²) in [7, 11) is -2.79. The van der Waals surface area contributed by atoms with Crippen molar-refractivity contribution in [2.24, 2.45) is 0 Å². The van der Waals surface area contributed by atoms with Crippen LogP contribution in [0.15, 0.2) is 0 Å². The van der Waals surface area contributed by atoms with Crippen molar-refractivity contribution in [3.8, 4) is 0 Å². The Morgan fingerprint density at radius 3 is 1.32 bits per heavy atom. The third-order valence-electron chi connectivity index (χ3n) is 5.87. The molecule has 0 aromatic carbocycles. The van der Waals surface area contributed by atoms with Crippen LogP contribution < -0.4 is 0 Å². The normalized spacial score (nSPS) is 14.6. The lowest BCUT2D eigenvalue weighted by molar-refractivity contribution is 0.0704. The first kappa shape index (κ1) is 28.7. The Balaban J connectivity index is 4.85. The van der Waals surface area contributed by atoms with Crippen molar-refractivity contribution in [3.05, 3.63) is 0 Å². The molecule has 0 spiro atoms. The predicted molar refractivity (Wildman–Crippen MR) is 130 cm³/mol. The third kappa shape index (κ3) is 10.1. The van der Waals surface area contributed by atoms with E-state index in [0.717, 1.165) is 31.0 Å². The lowest BCUT2D eigenvalue weighted by atomic mass is 10.0. The van der Waals surface area contributed by atoms with E-state index in [2.05, 4.69) is 60.1 Å². The molecule has 0 aromatic rings. The molecule has 28 heavy (non-hydrogen) atoms. The quantitative estimate of drug-likeness (QED) is 0.272. The Kier molecular flexibility index (Phi) is 11.6. The van der Waals surface area contributed by atoms with E-state index in [0.29, 0.717) is 0 Å². The van der Waals surface area contributed by atoms with Gasteiger partial charge in [0.25, 0.3) is 0 Å². The molecule has 0 atom stereocenters.